The van der Waals surface area contributed by atoms with E-state index in [1.54, 1.807) is 6.20 Å². The van der Waals surface area contributed by atoms with Crippen molar-refractivity contribution in [3.63, 3.8) is 0 Å². The van der Waals surface area contributed by atoms with Crippen molar-refractivity contribution in [3.05, 3.63) is 45.7 Å². The number of nitrogens with zero attached hydrogens (tertiary/aromatic N) is 2. The molecule has 0 amide bonds. The Hall–Kier alpha value is -1.06. The number of nitrogens with one attached hydrogen (secondary N) is 1. The molecule has 0 saturated heterocycles. The molecule has 0 bridgehead atoms. The van der Waals surface area contributed by atoms with E-state index in [0.717, 1.165) is 17.7 Å². The summed E-state index contributed by atoms with van der Waals surface area (Å²) < 4.78 is 0. The zero-order valence-electron chi connectivity index (χ0n) is 8.74. The van der Waals surface area contributed by atoms with E-state index in [2.05, 4.69) is 22.3 Å². The van der Waals surface area contributed by atoms with E-state index in [9.17, 15) is 0 Å². The minimum Gasteiger partial charge on any atom is -0.198 e. The van der Waals surface area contributed by atoms with Gasteiger partial charge in [-0.15, -0.1) is 0 Å². The molecule has 0 aliphatic heterocycles. The van der Waals surface area contributed by atoms with E-state index in [4.69, 9.17) is 23.2 Å². The lowest BCUT2D eigenvalue weighted by molar-refractivity contribution is 0.736. The first kappa shape index (κ1) is 11.4. The molecule has 1 unspecified atom stereocenters. The Morgan fingerprint density at radius 2 is 2.12 bits per heavy atom. The number of hydrogen-bond acceptors (Lipinski definition) is 2. The first-order chi connectivity index (χ1) is 7.66. The third kappa shape index (κ3) is 2.54. The van der Waals surface area contributed by atoms with Crippen molar-refractivity contribution in [3.8, 4) is 0 Å². The molecule has 0 radical (unpaired) electrons. The number of rotatable bonds is 3. The molecule has 3 nitrogen and oxygen atoms in total. The minimum atomic E-state index is 0.333. The Labute approximate surface area is 104 Å². The highest BCUT2D eigenvalue weighted by molar-refractivity contribution is 6.42. The molecule has 16 heavy (non-hydrogen) atoms. The maximum Gasteiger partial charge on any atom is 0.0830 e. The van der Waals surface area contributed by atoms with Crippen LogP contribution in [0.4, 0.5) is 0 Å². The molecule has 1 atom stereocenters. The minimum absolute atomic E-state index is 0.333. The zero-order valence-corrected chi connectivity index (χ0v) is 10.3. The molecule has 1 heterocycles. The fraction of sp³-hybridized carbons (Fsp3) is 0.273. The van der Waals surface area contributed by atoms with Crippen LogP contribution in [0.5, 0.6) is 0 Å². The molecule has 0 aliphatic carbocycles. The zero-order chi connectivity index (χ0) is 11.5. The normalized spacial score (nSPS) is 12.7. The second-order valence-corrected chi connectivity index (χ2v) is 4.55. The molecule has 2 rings (SSSR count). The molecule has 5 heteroatoms. The van der Waals surface area contributed by atoms with Crippen LogP contribution in [0.2, 0.25) is 10.0 Å². The van der Waals surface area contributed by atoms with E-state index in [-0.39, 0.29) is 0 Å². The molecule has 0 spiro atoms. The van der Waals surface area contributed by atoms with Gasteiger partial charge in [-0.2, -0.15) is 15.4 Å². The Morgan fingerprint density at radius 3 is 2.75 bits per heavy atom. The van der Waals surface area contributed by atoms with Crippen LogP contribution in [0.15, 0.2) is 24.4 Å². The van der Waals surface area contributed by atoms with Gasteiger partial charge in [-0.05, 0) is 30.0 Å². The lowest BCUT2D eigenvalue weighted by atomic mass is 9.97. The molecule has 2 aromatic rings. The predicted molar refractivity (Wildman–Crippen MR) is 65.0 cm³/mol. The second kappa shape index (κ2) is 4.85. The van der Waals surface area contributed by atoms with Crippen molar-refractivity contribution in [2.24, 2.45) is 0 Å². The highest BCUT2D eigenvalue weighted by Gasteiger charge is 2.10. The molecule has 1 aromatic carbocycles. The first-order valence-corrected chi connectivity index (χ1v) is 5.72. The smallest absolute Gasteiger partial charge is 0.0830 e. The standard InChI is InChI=1S/C11H11Cl2N3/c1-7(4-9-6-14-16-15-9)8-2-3-10(12)11(13)5-8/h2-3,5-7H,4H2,1H3,(H,14,15,16). The van der Waals surface area contributed by atoms with Gasteiger partial charge in [-0.25, -0.2) is 0 Å². The van der Waals surface area contributed by atoms with Gasteiger partial charge in [0.15, 0.2) is 0 Å². The molecule has 0 fully saturated rings. The van der Waals surface area contributed by atoms with Crippen LogP contribution in [0, 0.1) is 0 Å². The summed E-state index contributed by atoms with van der Waals surface area (Å²) in [5.41, 5.74) is 2.09. The average molecular weight is 256 g/mol. The van der Waals surface area contributed by atoms with Crippen LogP contribution in [0.25, 0.3) is 0 Å². The number of hydrogen-bond donors (Lipinski definition) is 1. The van der Waals surface area contributed by atoms with Gasteiger partial charge < -0.3 is 0 Å². The largest absolute Gasteiger partial charge is 0.198 e. The molecule has 0 aliphatic rings. The summed E-state index contributed by atoms with van der Waals surface area (Å²) in [5, 5.41) is 11.6. The van der Waals surface area contributed by atoms with Crippen molar-refractivity contribution in [2.75, 3.05) is 0 Å². The molecule has 1 N–H and O–H groups in total. The fourth-order valence-electron chi connectivity index (χ4n) is 1.57. The van der Waals surface area contributed by atoms with Gasteiger partial charge in [-0.1, -0.05) is 36.2 Å². The third-order valence-corrected chi connectivity index (χ3v) is 3.23. The van der Waals surface area contributed by atoms with Crippen LogP contribution in [-0.4, -0.2) is 15.4 Å². The SMILES string of the molecule is CC(Cc1cn[nH]n1)c1ccc(Cl)c(Cl)c1. The third-order valence-electron chi connectivity index (χ3n) is 2.49. The van der Waals surface area contributed by atoms with E-state index in [1.165, 1.54) is 0 Å². The lowest BCUT2D eigenvalue weighted by Crippen LogP contribution is -1.99. The molecule has 84 valence electrons. The summed E-state index contributed by atoms with van der Waals surface area (Å²) >= 11 is 11.8. The van der Waals surface area contributed by atoms with Crippen LogP contribution >= 0.6 is 23.2 Å². The van der Waals surface area contributed by atoms with Crippen molar-refractivity contribution in [2.45, 2.75) is 19.3 Å². The van der Waals surface area contributed by atoms with Crippen molar-refractivity contribution >= 4 is 23.2 Å². The highest BCUT2D eigenvalue weighted by atomic mass is 35.5. The van der Waals surface area contributed by atoms with E-state index >= 15 is 0 Å². The number of halogens is 2. The average Bonchev–Trinajstić information content (AvgIpc) is 2.74. The van der Waals surface area contributed by atoms with Crippen LogP contribution in [-0.2, 0) is 6.42 Å². The molecule has 0 saturated carbocycles. The second-order valence-electron chi connectivity index (χ2n) is 3.74. The Balaban J connectivity index is 2.14. The molecular formula is C11H11Cl2N3. The topological polar surface area (TPSA) is 41.6 Å². The van der Waals surface area contributed by atoms with Crippen molar-refractivity contribution in [1.82, 2.24) is 15.4 Å². The monoisotopic (exact) mass is 255 g/mol. The van der Waals surface area contributed by atoms with Crippen LogP contribution in [0.3, 0.4) is 0 Å². The summed E-state index contributed by atoms with van der Waals surface area (Å²) in [7, 11) is 0. The van der Waals surface area contributed by atoms with Gasteiger partial charge in [-0.3, -0.25) is 0 Å². The summed E-state index contributed by atoms with van der Waals surface area (Å²) in [4.78, 5) is 0. The van der Waals surface area contributed by atoms with Crippen LogP contribution in [0.1, 0.15) is 24.1 Å². The first-order valence-electron chi connectivity index (χ1n) is 4.96. The van der Waals surface area contributed by atoms with Gasteiger partial charge in [0.1, 0.15) is 0 Å². The fourth-order valence-corrected chi connectivity index (χ4v) is 1.88. The lowest BCUT2D eigenvalue weighted by Gasteiger charge is -2.10. The Bertz CT molecular complexity index is 468. The number of aromatic amines is 1. The van der Waals surface area contributed by atoms with Gasteiger partial charge in [0.2, 0.25) is 0 Å². The van der Waals surface area contributed by atoms with E-state index in [0.29, 0.717) is 16.0 Å². The summed E-state index contributed by atoms with van der Waals surface area (Å²) in [6.07, 6.45) is 2.56. The van der Waals surface area contributed by atoms with Crippen LogP contribution < -0.4 is 0 Å². The Morgan fingerprint density at radius 1 is 1.31 bits per heavy atom. The number of aromatic nitrogens is 3. The van der Waals surface area contributed by atoms with Gasteiger partial charge in [0.25, 0.3) is 0 Å². The Kier molecular flexibility index (Phi) is 3.46. The van der Waals surface area contributed by atoms with Gasteiger partial charge in [0.05, 0.1) is 21.9 Å². The summed E-state index contributed by atoms with van der Waals surface area (Å²) in [5.74, 6) is 0.333. The maximum atomic E-state index is 5.97. The molecular weight excluding hydrogens is 245 g/mol. The summed E-state index contributed by atoms with van der Waals surface area (Å²) in [6, 6.07) is 5.70. The van der Waals surface area contributed by atoms with Crippen molar-refractivity contribution < 1.29 is 0 Å². The van der Waals surface area contributed by atoms with Crippen molar-refractivity contribution in [1.29, 1.82) is 0 Å². The quantitative estimate of drug-likeness (QED) is 0.913. The highest BCUT2D eigenvalue weighted by Crippen LogP contribution is 2.27. The summed E-state index contributed by atoms with van der Waals surface area (Å²) in [6.45, 7) is 2.12. The maximum absolute atomic E-state index is 5.97. The van der Waals surface area contributed by atoms with E-state index < -0.39 is 0 Å². The predicted octanol–water partition coefficient (Wildman–Crippen LogP) is 3.46. The number of benzene rings is 1. The number of H-pyrrole nitrogens is 1. The van der Waals surface area contributed by atoms with Gasteiger partial charge in [0, 0.05) is 0 Å². The molecule has 1 aromatic heterocycles. The van der Waals surface area contributed by atoms with E-state index in [1.807, 2.05) is 18.2 Å². The van der Waals surface area contributed by atoms with Gasteiger partial charge >= 0.3 is 0 Å².